The number of rotatable bonds is 7. The third kappa shape index (κ3) is 5.45. The van der Waals surface area contributed by atoms with Crippen LogP contribution >= 0.6 is 11.3 Å². The normalized spacial score (nSPS) is 11.6. The molecule has 4 nitrogen and oxygen atoms in total. The zero-order valence-corrected chi connectivity index (χ0v) is 16.2. The van der Waals surface area contributed by atoms with E-state index >= 15 is 0 Å². The molecule has 0 aliphatic rings. The third-order valence-electron chi connectivity index (χ3n) is 3.84. The Morgan fingerprint density at radius 3 is 2.43 bits per heavy atom. The van der Waals surface area contributed by atoms with Gasteiger partial charge in [-0.2, -0.15) is 13.2 Å². The number of thiophene rings is 1. The Hall–Kier alpha value is -2.61. The van der Waals surface area contributed by atoms with Crippen molar-refractivity contribution in [1.29, 1.82) is 0 Å². The Labute approximate surface area is 164 Å². The number of alkyl halides is 3. The molecular weight excluding hydrogens is 393 g/mol. The summed E-state index contributed by atoms with van der Waals surface area (Å²) in [5.41, 5.74) is 0.241. The van der Waals surface area contributed by atoms with E-state index in [1.807, 2.05) is 6.92 Å². The topological polar surface area (TPSA) is 52.6 Å². The maximum Gasteiger partial charge on any atom is 0.416 e. The van der Waals surface area contributed by atoms with Crippen molar-refractivity contribution in [2.45, 2.75) is 25.9 Å². The molecule has 0 bridgehead atoms. The summed E-state index contributed by atoms with van der Waals surface area (Å²) in [6, 6.07) is 4.46. The van der Waals surface area contributed by atoms with Gasteiger partial charge < -0.3 is 9.47 Å². The molecule has 150 valence electrons. The zero-order chi connectivity index (χ0) is 20.7. The summed E-state index contributed by atoms with van der Waals surface area (Å²) in [6.45, 7) is 2.28. The van der Waals surface area contributed by atoms with Gasteiger partial charge in [0.15, 0.2) is 0 Å². The minimum atomic E-state index is -4.46. The van der Waals surface area contributed by atoms with Crippen LogP contribution in [0.3, 0.4) is 0 Å². The van der Waals surface area contributed by atoms with Crippen LogP contribution in [0.2, 0.25) is 0 Å². The lowest BCUT2D eigenvalue weighted by molar-refractivity contribution is -0.138. The van der Waals surface area contributed by atoms with Crippen molar-refractivity contribution in [3.63, 3.8) is 0 Å². The van der Waals surface area contributed by atoms with Gasteiger partial charge in [-0.1, -0.05) is 25.5 Å². The second-order valence-electron chi connectivity index (χ2n) is 5.81. The zero-order valence-electron chi connectivity index (χ0n) is 15.3. The van der Waals surface area contributed by atoms with Gasteiger partial charge in [0.25, 0.3) is 0 Å². The summed E-state index contributed by atoms with van der Waals surface area (Å²) in [5, 5.41) is 1.54. The summed E-state index contributed by atoms with van der Waals surface area (Å²) in [4.78, 5) is 24.4. The molecule has 0 aliphatic carbocycles. The van der Waals surface area contributed by atoms with Gasteiger partial charge in [-0.3, -0.25) is 0 Å². The highest BCUT2D eigenvalue weighted by Crippen LogP contribution is 2.36. The predicted molar refractivity (Wildman–Crippen MR) is 101 cm³/mol. The summed E-state index contributed by atoms with van der Waals surface area (Å²) in [7, 11) is 1.22. The van der Waals surface area contributed by atoms with Crippen LogP contribution in [0.5, 0.6) is 0 Å². The van der Waals surface area contributed by atoms with E-state index in [0.717, 1.165) is 25.0 Å². The first kappa shape index (κ1) is 21.7. The number of hydrogen-bond donors (Lipinski definition) is 0. The number of hydrogen-bond acceptors (Lipinski definition) is 5. The van der Waals surface area contributed by atoms with E-state index in [9.17, 15) is 22.8 Å². The lowest BCUT2D eigenvalue weighted by Gasteiger charge is -2.09. The molecule has 2 rings (SSSR count). The van der Waals surface area contributed by atoms with Crippen LogP contribution in [0.25, 0.3) is 17.2 Å². The average molecular weight is 412 g/mol. The van der Waals surface area contributed by atoms with Gasteiger partial charge in [0.2, 0.25) is 0 Å². The number of unbranched alkanes of at least 4 members (excludes halogenated alkanes) is 1. The smallest absolute Gasteiger partial charge is 0.416 e. The number of benzene rings is 1. The molecule has 0 unspecified atom stereocenters. The van der Waals surface area contributed by atoms with Gasteiger partial charge >= 0.3 is 18.1 Å². The SMILES string of the molecule is CCCCOC(=O)/C=C/c1scc(C(=O)OC)c1-c1ccc(C(F)(F)F)cc1. The fraction of sp³-hybridized carbons (Fsp3) is 0.300. The van der Waals surface area contributed by atoms with Gasteiger partial charge in [0.1, 0.15) is 0 Å². The van der Waals surface area contributed by atoms with Gasteiger partial charge in [-0.05, 0) is 30.2 Å². The van der Waals surface area contributed by atoms with Crippen LogP contribution < -0.4 is 0 Å². The quantitative estimate of drug-likeness (QED) is 0.339. The maximum absolute atomic E-state index is 12.8. The van der Waals surface area contributed by atoms with Crippen LogP contribution in [-0.4, -0.2) is 25.7 Å². The number of ether oxygens (including phenoxy) is 2. The van der Waals surface area contributed by atoms with Crippen molar-refractivity contribution < 1.29 is 32.2 Å². The van der Waals surface area contributed by atoms with Gasteiger partial charge in [0.05, 0.1) is 24.8 Å². The number of halogens is 3. The van der Waals surface area contributed by atoms with Crippen LogP contribution in [0, 0.1) is 0 Å². The van der Waals surface area contributed by atoms with Crippen LogP contribution in [0.4, 0.5) is 13.2 Å². The molecule has 1 heterocycles. The lowest BCUT2D eigenvalue weighted by atomic mass is 10.00. The van der Waals surface area contributed by atoms with E-state index < -0.39 is 23.7 Å². The molecule has 0 spiro atoms. The lowest BCUT2D eigenvalue weighted by Crippen LogP contribution is -2.05. The number of methoxy groups -OCH3 is 1. The molecule has 2 aromatic rings. The molecule has 1 aromatic carbocycles. The first-order valence-electron chi connectivity index (χ1n) is 8.50. The molecule has 0 radical (unpaired) electrons. The van der Waals surface area contributed by atoms with Crippen LogP contribution in [0.1, 0.15) is 40.6 Å². The van der Waals surface area contributed by atoms with E-state index in [-0.39, 0.29) is 5.56 Å². The van der Waals surface area contributed by atoms with E-state index in [0.29, 0.717) is 22.6 Å². The van der Waals surface area contributed by atoms with Crippen molar-refractivity contribution in [2.75, 3.05) is 13.7 Å². The molecule has 28 heavy (non-hydrogen) atoms. The van der Waals surface area contributed by atoms with E-state index in [1.54, 1.807) is 5.38 Å². The van der Waals surface area contributed by atoms with Crippen LogP contribution in [0.15, 0.2) is 35.7 Å². The average Bonchev–Trinajstić information content (AvgIpc) is 3.09. The summed E-state index contributed by atoms with van der Waals surface area (Å²) in [5.74, 6) is -1.14. The first-order valence-corrected chi connectivity index (χ1v) is 9.38. The molecule has 0 atom stereocenters. The monoisotopic (exact) mass is 412 g/mol. The first-order chi connectivity index (χ1) is 13.3. The van der Waals surface area contributed by atoms with Crippen molar-refractivity contribution >= 4 is 29.4 Å². The summed E-state index contributed by atoms with van der Waals surface area (Å²) < 4.78 is 48.2. The second-order valence-corrected chi connectivity index (χ2v) is 6.72. The minimum Gasteiger partial charge on any atom is -0.465 e. The highest BCUT2D eigenvalue weighted by molar-refractivity contribution is 7.11. The van der Waals surface area contributed by atoms with Crippen LogP contribution in [-0.2, 0) is 20.4 Å². The molecule has 0 N–H and O–H groups in total. The molecule has 0 amide bonds. The van der Waals surface area contributed by atoms with Crippen molar-refractivity contribution in [3.05, 3.63) is 51.7 Å². The summed E-state index contributed by atoms with van der Waals surface area (Å²) in [6.07, 6.45) is -0.0950. The fourth-order valence-electron chi connectivity index (χ4n) is 2.39. The van der Waals surface area contributed by atoms with E-state index in [4.69, 9.17) is 9.47 Å². The standard InChI is InChI=1S/C20H19F3O4S/c1-3-4-11-27-17(24)10-9-16-18(15(12-28-16)19(25)26-2)13-5-7-14(8-6-13)20(21,22)23/h5-10,12H,3-4,11H2,1-2H3/b10-9+. The van der Waals surface area contributed by atoms with Crippen molar-refractivity contribution in [1.82, 2.24) is 0 Å². The van der Waals surface area contributed by atoms with Gasteiger partial charge in [-0.15, -0.1) is 11.3 Å². The number of carbonyl (C=O) groups excluding carboxylic acids is 2. The van der Waals surface area contributed by atoms with Crippen molar-refractivity contribution in [2.24, 2.45) is 0 Å². The van der Waals surface area contributed by atoms with E-state index in [1.165, 1.54) is 42.7 Å². The van der Waals surface area contributed by atoms with E-state index in [2.05, 4.69) is 0 Å². The molecule has 1 aromatic heterocycles. The van der Waals surface area contributed by atoms with Gasteiger partial charge in [0, 0.05) is 21.9 Å². The number of esters is 2. The Bertz CT molecular complexity index is 851. The third-order valence-corrected chi connectivity index (χ3v) is 4.79. The second kappa shape index (κ2) is 9.54. The summed E-state index contributed by atoms with van der Waals surface area (Å²) >= 11 is 1.18. The predicted octanol–water partition coefficient (Wildman–Crippen LogP) is 5.58. The number of carbonyl (C=O) groups is 2. The fourth-order valence-corrected chi connectivity index (χ4v) is 3.34. The van der Waals surface area contributed by atoms with Gasteiger partial charge in [-0.25, -0.2) is 9.59 Å². The Morgan fingerprint density at radius 2 is 1.86 bits per heavy atom. The van der Waals surface area contributed by atoms with Crippen molar-refractivity contribution in [3.8, 4) is 11.1 Å². The largest absolute Gasteiger partial charge is 0.465 e. The molecule has 0 aliphatic heterocycles. The Kier molecular flexibility index (Phi) is 7.39. The maximum atomic E-state index is 12.8. The molecule has 0 fully saturated rings. The molecular formula is C20H19F3O4S. The Morgan fingerprint density at radius 1 is 1.18 bits per heavy atom. The molecule has 0 saturated heterocycles. The molecule has 8 heteroatoms. The Balaban J connectivity index is 2.37. The molecule has 0 saturated carbocycles. The minimum absolute atomic E-state index is 0.214. The highest BCUT2D eigenvalue weighted by Gasteiger charge is 2.30. The highest BCUT2D eigenvalue weighted by atomic mass is 32.1.